The van der Waals surface area contributed by atoms with E-state index in [1.54, 1.807) is 12.1 Å². The lowest BCUT2D eigenvalue weighted by molar-refractivity contribution is 0.0866. The van der Waals surface area contributed by atoms with Crippen LogP contribution in [0.2, 0.25) is 0 Å². The number of hydrogen-bond donors (Lipinski definition) is 2. The minimum Gasteiger partial charge on any atom is -0.494 e. The maximum atomic E-state index is 13.9. The lowest BCUT2D eigenvalue weighted by Gasteiger charge is -2.24. The highest BCUT2D eigenvalue weighted by atomic mass is 19.1. The molecule has 0 saturated heterocycles. The van der Waals surface area contributed by atoms with Gasteiger partial charge in [0.2, 0.25) is 0 Å². The molecule has 17 heavy (non-hydrogen) atoms. The summed E-state index contributed by atoms with van der Waals surface area (Å²) in [6.45, 7) is 3.85. The number of aliphatic hydroxyl groups excluding tert-OH is 1. The van der Waals surface area contributed by atoms with Gasteiger partial charge in [0.05, 0.1) is 19.3 Å². The monoisotopic (exact) mass is 241 g/mol. The number of benzene rings is 1. The number of methoxy groups -OCH3 is 1. The van der Waals surface area contributed by atoms with E-state index in [1.807, 2.05) is 13.8 Å². The van der Waals surface area contributed by atoms with Crippen LogP contribution in [0.1, 0.15) is 31.9 Å². The molecule has 0 aliphatic rings. The van der Waals surface area contributed by atoms with Crippen molar-refractivity contribution in [3.05, 3.63) is 29.6 Å². The Morgan fingerprint density at radius 3 is 2.65 bits per heavy atom. The molecule has 0 bridgehead atoms. The first kappa shape index (κ1) is 13.9. The van der Waals surface area contributed by atoms with Gasteiger partial charge in [-0.3, -0.25) is 0 Å². The molecule has 4 heteroatoms. The average Bonchev–Trinajstić information content (AvgIpc) is 2.36. The molecule has 0 radical (unpaired) electrons. The summed E-state index contributed by atoms with van der Waals surface area (Å²) in [5, 5.41) is 10.00. The molecular formula is C13H20FNO2. The predicted molar refractivity (Wildman–Crippen MR) is 65.3 cm³/mol. The lowest BCUT2D eigenvalue weighted by Crippen LogP contribution is -2.32. The third kappa shape index (κ3) is 2.96. The van der Waals surface area contributed by atoms with E-state index in [4.69, 9.17) is 10.5 Å². The van der Waals surface area contributed by atoms with Crippen molar-refractivity contribution >= 4 is 0 Å². The van der Waals surface area contributed by atoms with Crippen molar-refractivity contribution in [3.8, 4) is 5.75 Å². The molecule has 0 fully saturated rings. The van der Waals surface area contributed by atoms with E-state index in [0.29, 0.717) is 0 Å². The summed E-state index contributed by atoms with van der Waals surface area (Å²) < 4.78 is 18.8. The van der Waals surface area contributed by atoms with Crippen molar-refractivity contribution in [2.45, 2.75) is 32.4 Å². The second kappa shape index (κ2) is 5.98. The number of aliphatic hydroxyl groups is 1. The van der Waals surface area contributed by atoms with Crippen LogP contribution in [0.5, 0.6) is 5.75 Å². The summed E-state index contributed by atoms with van der Waals surface area (Å²) >= 11 is 0. The van der Waals surface area contributed by atoms with Gasteiger partial charge in [0, 0.05) is 5.56 Å². The van der Waals surface area contributed by atoms with Crippen LogP contribution >= 0.6 is 0 Å². The van der Waals surface area contributed by atoms with Gasteiger partial charge < -0.3 is 15.6 Å². The lowest BCUT2D eigenvalue weighted by atomic mass is 9.91. The Hall–Kier alpha value is -1.13. The van der Waals surface area contributed by atoms with E-state index < -0.39 is 18.0 Å². The molecule has 96 valence electrons. The van der Waals surface area contributed by atoms with Crippen molar-refractivity contribution in [3.63, 3.8) is 0 Å². The molecule has 0 heterocycles. The average molecular weight is 241 g/mol. The molecule has 1 unspecified atom stereocenters. The Kier molecular flexibility index (Phi) is 4.90. The Bertz CT molecular complexity index is 370. The fourth-order valence-corrected chi connectivity index (χ4v) is 1.72. The first-order chi connectivity index (χ1) is 8.02. The summed E-state index contributed by atoms with van der Waals surface area (Å²) in [5.41, 5.74) is 6.18. The van der Waals surface area contributed by atoms with Gasteiger partial charge in [0.25, 0.3) is 0 Å². The Balaban J connectivity index is 2.99. The van der Waals surface area contributed by atoms with Crippen molar-refractivity contribution in [1.29, 1.82) is 0 Å². The number of hydrogen-bond acceptors (Lipinski definition) is 3. The van der Waals surface area contributed by atoms with Crippen molar-refractivity contribution in [1.82, 2.24) is 0 Å². The van der Waals surface area contributed by atoms with Crippen LogP contribution in [0, 0.1) is 11.7 Å². The predicted octanol–water partition coefficient (Wildman–Crippen LogP) is 2.24. The molecule has 3 nitrogen and oxygen atoms in total. The van der Waals surface area contributed by atoms with E-state index >= 15 is 0 Å². The third-order valence-electron chi connectivity index (χ3n) is 3.17. The van der Waals surface area contributed by atoms with Crippen LogP contribution < -0.4 is 10.5 Å². The molecule has 3 N–H and O–H groups in total. The van der Waals surface area contributed by atoms with Gasteiger partial charge in [0.15, 0.2) is 11.6 Å². The second-order valence-electron chi connectivity index (χ2n) is 4.27. The van der Waals surface area contributed by atoms with Crippen molar-refractivity contribution < 1.29 is 14.2 Å². The molecule has 1 rings (SSSR count). The number of ether oxygens (including phenoxy) is 1. The fourth-order valence-electron chi connectivity index (χ4n) is 1.72. The smallest absolute Gasteiger partial charge is 0.169 e. The van der Waals surface area contributed by atoms with Gasteiger partial charge in [-0.15, -0.1) is 0 Å². The zero-order chi connectivity index (χ0) is 13.0. The van der Waals surface area contributed by atoms with Crippen molar-refractivity contribution in [2.24, 2.45) is 11.7 Å². The minimum absolute atomic E-state index is 0.0237. The highest BCUT2D eigenvalue weighted by Crippen LogP contribution is 2.28. The van der Waals surface area contributed by atoms with Gasteiger partial charge >= 0.3 is 0 Å². The number of halogens is 1. The third-order valence-corrected chi connectivity index (χ3v) is 3.17. The van der Waals surface area contributed by atoms with Crippen LogP contribution in [-0.4, -0.2) is 18.3 Å². The van der Waals surface area contributed by atoms with Crippen molar-refractivity contribution in [2.75, 3.05) is 7.11 Å². The molecule has 0 aromatic heterocycles. The summed E-state index contributed by atoms with van der Waals surface area (Å²) in [4.78, 5) is 0. The summed E-state index contributed by atoms with van der Waals surface area (Å²) in [7, 11) is 1.40. The van der Waals surface area contributed by atoms with Crippen LogP contribution in [0.3, 0.4) is 0 Å². The maximum absolute atomic E-state index is 13.9. The number of nitrogens with two attached hydrogens (primary N) is 1. The summed E-state index contributed by atoms with van der Waals surface area (Å²) in [6.07, 6.45) is 0.0297. The van der Waals surface area contributed by atoms with E-state index in [2.05, 4.69) is 0 Å². The van der Waals surface area contributed by atoms with E-state index in [0.717, 1.165) is 6.42 Å². The normalized spacial score (nSPS) is 16.4. The van der Waals surface area contributed by atoms with Crippen LogP contribution in [0.15, 0.2) is 18.2 Å². The van der Waals surface area contributed by atoms with Gasteiger partial charge in [-0.05, 0) is 12.0 Å². The topological polar surface area (TPSA) is 55.5 Å². The Labute approximate surface area is 101 Å². The Morgan fingerprint density at radius 2 is 2.12 bits per heavy atom. The zero-order valence-electron chi connectivity index (χ0n) is 10.5. The van der Waals surface area contributed by atoms with E-state index in [-0.39, 0.29) is 17.2 Å². The standard InChI is InChI=1S/C13H20FNO2/c1-4-8(2)13(16)12(15)9-6-5-7-10(17-3)11(9)14/h5-8,12-13,16H,4,15H2,1-3H3/t8?,12-,13+/m1/s1. The quantitative estimate of drug-likeness (QED) is 0.831. The number of rotatable bonds is 5. The van der Waals surface area contributed by atoms with Gasteiger partial charge in [-0.1, -0.05) is 32.4 Å². The van der Waals surface area contributed by atoms with E-state index in [1.165, 1.54) is 13.2 Å². The molecule has 0 saturated carbocycles. The highest BCUT2D eigenvalue weighted by Gasteiger charge is 2.25. The van der Waals surface area contributed by atoms with Gasteiger partial charge in [-0.2, -0.15) is 0 Å². The first-order valence-electron chi connectivity index (χ1n) is 5.78. The van der Waals surface area contributed by atoms with Gasteiger partial charge in [-0.25, -0.2) is 4.39 Å². The molecule has 3 atom stereocenters. The largest absolute Gasteiger partial charge is 0.494 e. The second-order valence-corrected chi connectivity index (χ2v) is 4.27. The Morgan fingerprint density at radius 1 is 1.47 bits per heavy atom. The molecule has 0 aliphatic carbocycles. The zero-order valence-corrected chi connectivity index (χ0v) is 10.5. The molecule has 1 aromatic carbocycles. The SMILES string of the molecule is CCC(C)[C@H](O)[C@H](N)c1cccc(OC)c1F. The van der Waals surface area contributed by atoms with Crippen LogP contribution in [-0.2, 0) is 0 Å². The van der Waals surface area contributed by atoms with Gasteiger partial charge in [0.1, 0.15) is 0 Å². The van der Waals surface area contributed by atoms with E-state index in [9.17, 15) is 9.50 Å². The molecule has 0 aliphatic heterocycles. The maximum Gasteiger partial charge on any atom is 0.169 e. The van der Waals surface area contributed by atoms with Crippen LogP contribution in [0.4, 0.5) is 4.39 Å². The fraction of sp³-hybridized carbons (Fsp3) is 0.538. The molecule has 0 spiro atoms. The molecular weight excluding hydrogens is 221 g/mol. The van der Waals surface area contributed by atoms with Crippen LogP contribution in [0.25, 0.3) is 0 Å². The highest BCUT2D eigenvalue weighted by molar-refractivity contribution is 5.33. The molecule has 0 amide bonds. The molecule has 1 aromatic rings. The summed E-state index contributed by atoms with van der Waals surface area (Å²) in [6, 6.07) is 4.04. The minimum atomic E-state index is -0.762. The summed E-state index contributed by atoms with van der Waals surface area (Å²) in [5.74, 6) is -0.324. The first-order valence-corrected chi connectivity index (χ1v) is 5.78.